The van der Waals surface area contributed by atoms with E-state index >= 15 is 0 Å². The van der Waals surface area contributed by atoms with Crippen LogP contribution < -0.4 is 5.73 Å². The van der Waals surface area contributed by atoms with Crippen molar-refractivity contribution >= 4 is 13.3 Å². The van der Waals surface area contributed by atoms with E-state index in [2.05, 4.69) is 9.97 Å². The van der Waals surface area contributed by atoms with E-state index in [1.165, 1.54) is 18.6 Å². The number of aromatic nitrogens is 2. The van der Waals surface area contributed by atoms with Gasteiger partial charge in [0.25, 0.3) is 0 Å². The lowest BCUT2D eigenvalue weighted by atomic mass is 9.88. The smallest absolute Gasteiger partial charge is 0.480 e. The molecule has 0 amide bonds. The highest BCUT2D eigenvalue weighted by atomic mass is 16.8. The monoisotopic (exact) mass is 265 g/mol. The summed E-state index contributed by atoms with van der Waals surface area (Å²) in [5, 5.41) is 0. The fraction of sp³-hybridized carbons (Fsp3) is 0.545. The van der Waals surface area contributed by atoms with Crippen molar-refractivity contribution in [2.45, 2.75) is 32.0 Å². The first-order valence-electron chi connectivity index (χ1n) is 5.91. The SMILES string of the molecule is CC1(C)OB(OC(=O)c2cnccn2)OC1(C)CN. The first-order valence-corrected chi connectivity index (χ1v) is 5.91. The average molecular weight is 265 g/mol. The Morgan fingerprint density at radius 3 is 2.68 bits per heavy atom. The van der Waals surface area contributed by atoms with Gasteiger partial charge in [-0.1, -0.05) is 0 Å². The zero-order valence-electron chi connectivity index (χ0n) is 11.1. The topological polar surface area (TPSA) is 96.6 Å². The third kappa shape index (κ3) is 2.60. The minimum Gasteiger partial charge on any atom is -0.480 e. The number of hydrogen-bond donors (Lipinski definition) is 1. The summed E-state index contributed by atoms with van der Waals surface area (Å²) in [6.07, 6.45) is 4.18. The van der Waals surface area contributed by atoms with Gasteiger partial charge in [0.05, 0.1) is 17.4 Å². The molecule has 1 unspecified atom stereocenters. The first-order chi connectivity index (χ1) is 8.88. The molecule has 0 spiro atoms. The number of carbonyl (C=O) groups is 1. The summed E-state index contributed by atoms with van der Waals surface area (Å²) in [5.41, 5.74) is 4.39. The molecule has 1 aromatic rings. The van der Waals surface area contributed by atoms with Crippen molar-refractivity contribution in [1.82, 2.24) is 9.97 Å². The van der Waals surface area contributed by atoms with Crippen LogP contribution in [0.5, 0.6) is 0 Å². The lowest BCUT2D eigenvalue weighted by Gasteiger charge is -2.34. The lowest BCUT2D eigenvalue weighted by molar-refractivity contribution is -0.00189. The van der Waals surface area contributed by atoms with Crippen LogP contribution in [0.3, 0.4) is 0 Å². The van der Waals surface area contributed by atoms with Crippen LogP contribution in [-0.2, 0) is 14.0 Å². The molecule has 19 heavy (non-hydrogen) atoms. The van der Waals surface area contributed by atoms with E-state index in [0.29, 0.717) is 0 Å². The fourth-order valence-electron chi connectivity index (χ4n) is 1.64. The largest absolute Gasteiger partial charge is 0.716 e. The van der Waals surface area contributed by atoms with Crippen LogP contribution in [-0.4, -0.2) is 41.0 Å². The maximum absolute atomic E-state index is 11.8. The van der Waals surface area contributed by atoms with E-state index in [1.807, 2.05) is 20.8 Å². The molecule has 1 aromatic heterocycles. The maximum Gasteiger partial charge on any atom is 0.716 e. The van der Waals surface area contributed by atoms with Crippen molar-refractivity contribution in [3.8, 4) is 0 Å². The zero-order valence-corrected chi connectivity index (χ0v) is 11.1. The van der Waals surface area contributed by atoms with Gasteiger partial charge >= 0.3 is 13.3 Å². The van der Waals surface area contributed by atoms with Crippen molar-refractivity contribution in [3.63, 3.8) is 0 Å². The minimum atomic E-state index is -1.10. The Balaban J connectivity index is 2.05. The number of nitrogens with zero attached hydrogens (tertiary/aromatic N) is 2. The Morgan fingerprint density at radius 1 is 1.42 bits per heavy atom. The maximum atomic E-state index is 11.8. The Bertz CT molecular complexity index is 470. The summed E-state index contributed by atoms with van der Waals surface area (Å²) >= 11 is 0. The van der Waals surface area contributed by atoms with Crippen LogP contribution in [0, 0.1) is 0 Å². The highest BCUT2D eigenvalue weighted by molar-refractivity contribution is 6.41. The van der Waals surface area contributed by atoms with Crippen LogP contribution in [0.4, 0.5) is 0 Å². The van der Waals surface area contributed by atoms with E-state index < -0.39 is 24.5 Å². The Morgan fingerprint density at radius 2 is 2.16 bits per heavy atom. The number of nitrogens with two attached hydrogens (primary N) is 1. The molecule has 2 heterocycles. The molecule has 1 atom stereocenters. The molecule has 0 aromatic carbocycles. The highest BCUT2D eigenvalue weighted by Crippen LogP contribution is 2.36. The Labute approximate surface area is 111 Å². The molecule has 0 bridgehead atoms. The van der Waals surface area contributed by atoms with Crippen molar-refractivity contribution in [2.75, 3.05) is 6.54 Å². The molecule has 1 saturated heterocycles. The quantitative estimate of drug-likeness (QED) is 0.777. The number of rotatable bonds is 3. The van der Waals surface area contributed by atoms with Crippen molar-refractivity contribution in [3.05, 3.63) is 24.3 Å². The van der Waals surface area contributed by atoms with Crippen molar-refractivity contribution in [1.29, 1.82) is 0 Å². The molecule has 0 saturated carbocycles. The molecular formula is C11H16BN3O4. The van der Waals surface area contributed by atoms with Crippen molar-refractivity contribution in [2.24, 2.45) is 5.73 Å². The third-order valence-electron chi connectivity index (χ3n) is 3.39. The summed E-state index contributed by atoms with van der Waals surface area (Å²) in [7, 11) is -1.10. The van der Waals surface area contributed by atoms with Crippen LogP contribution in [0.25, 0.3) is 0 Å². The summed E-state index contributed by atoms with van der Waals surface area (Å²) in [6.45, 7) is 5.72. The molecule has 2 N–H and O–H groups in total. The Kier molecular flexibility index (Phi) is 3.57. The molecule has 8 heteroatoms. The second-order valence-corrected chi connectivity index (χ2v) is 4.97. The van der Waals surface area contributed by atoms with Gasteiger partial charge in [-0.2, -0.15) is 0 Å². The molecule has 1 fully saturated rings. The standard InChI is InChI=1S/C11H16BN3O4/c1-10(2)11(3,7-13)19-12(18-10)17-9(16)8-6-14-4-5-15-8/h4-6H,7,13H2,1-3H3. The van der Waals surface area contributed by atoms with Crippen LogP contribution in [0.2, 0.25) is 0 Å². The van der Waals surface area contributed by atoms with Crippen molar-refractivity contribution < 1.29 is 18.8 Å². The zero-order chi connectivity index (χ0) is 14.1. The normalized spacial score (nSPS) is 25.4. The van der Waals surface area contributed by atoms with Gasteiger partial charge in [-0.25, -0.2) is 9.78 Å². The summed E-state index contributed by atoms with van der Waals surface area (Å²) in [6, 6.07) is 0. The van der Waals surface area contributed by atoms with Gasteiger partial charge in [0, 0.05) is 18.9 Å². The predicted octanol–water partition coefficient (Wildman–Crippen LogP) is 0.161. The van der Waals surface area contributed by atoms with E-state index in [1.54, 1.807) is 0 Å². The second kappa shape index (κ2) is 4.88. The van der Waals surface area contributed by atoms with Gasteiger partial charge in [-0.15, -0.1) is 0 Å². The minimum absolute atomic E-state index is 0.0915. The molecular weight excluding hydrogens is 249 g/mol. The second-order valence-electron chi connectivity index (χ2n) is 4.97. The summed E-state index contributed by atoms with van der Waals surface area (Å²) in [4.78, 5) is 19.4. The van der Waals surface area contributed by atoms with E-state index in [-0.39, 0.29) is 12.2 Å². The van der Waals surface area contributed by atoms with E-state index in [4.69, 9.17) is 19.7 Å². The number of carbonyl (C=O) groups excluding carboxylic acids is 1. The summed E-state index contributed by atoms with van der Waals surface area (Å²) in [5.74, 6) is -0.657. The van der Waals surface area contributed by atoms with Crippen LogP contribution in [0.1, 0.15) is 31.3 Å². The van der Waals surface area contributed by atoms with E-state index in [0.717, 1.165) is 0 Å². The molecule has 1 aliphatic rings. The van der Waals surface area contributed by atoms with Gasteiger partial charge < -0.3 is 19.7 Å². The fourth-order valence-corrected chi connectivity index (χ4v) is 1.64. The molecule has 0 aliphatic carbocycles. The third-order valence-corrected chi connectivity index (χ3v) is 3.39. The highest BCUT2D eigenvalue weighted by Gasteiger charge is 2.56. The molecule has 1 aliphatic heterocycles. The van der Waals surface area contributed by atoms with Gasteiger partial charge in [0.1, 0.15) is 0 Å². The van der Waals surface area contributed by atoms with Gasteiger partial charge in [0.2, 0.25) is 0 Å². The molecule has 102 valence electrons. The average Bonchev–Trinajstić information content (AvgIpc) is 2.60. The first kappa shape index (κ1) is 13.9. The predicted molar refractivity (Wildman–Crippen MR) is 66.9 cm³/mol. The van der Waals surface area contributed by atoms with Crippen LogP contribution >= 0.6 is 0 Å². The van der Waals surface area contributed by atoms with Gasteiger partial charge in [-0.3, -0.25) is 4.98 Å². The van der Waals surface area contributed by atoms with Gasteiger partial charge in [0.15, 0.2) is 5.69 Å². The number of hydrogen-bond acceptors (Lipinski definition) is 7. The molecule has 7 nitrogen and oxygen atoms in total. The summed E-state index contributed by atoms with van der Waals surface area (Å²) < 4.78 is 16.2. The van der Waals surface area contributed by atoms with E-state index in [9.17, 15) is 4.79 Å². The molecule has 0 radical (unpaired) electrons. The van der Waals surface area contributed by atoms with Crippen LogP contribution in [0.15, 0.2) is 18.6 Å². The Hall–Kier alpha value is -1.51. The molecule has 2 rings (SSSR count). The van der Waals surface area contributed by atoms with Gasteiger partial charge in [-0.05, 0) is 20.8 Å². The lowest BCUT2D eigenvalue weighted by Crippen LogP contribution is -2.50.